The van der Waals surface area contributed by atoms with E-state index in [0.29, 0.717) is 66.1 Å². The molecule has 0 aliphatic heterocycles. The molecule has 17 rings (SSSR count). The largest absolute Gasteiger partial charge is 0.377 e. The molecule has 9 heteroatoms. The lowest BCUT2D eigenvalue weighted by Crippen LogP contribution is -1.95. The third-order valence-electron chi connectivity index (χ3n) is 19.4. The van der Waals surface area contributed by atoms with Crippen LogP contribution in [-0.2, 0) is 56.7 Å². The Hall–Kier alpha value is -10.0. The summed E-state index contributed by atoms with van der Waals surface area (Å²) in [5, 5.41) is 14.9. The van der Waals surface area contributed by atoms with Gasteiger partial charge in [-0.05, 0) is 221 Å². The van der Waals surface area contributed by atoms with Gasteiger partial charge in [-0.15, -0.1) is 0 Å². The Bertz CT molecular complexity index is 5150. The summed E-state index contributed by atoms with van der Waals surface area (Å²) < 4.78 is 31.7. The number of benzene rings is 6. The van der Waals surface area contributed by atoms with E-state index in [2.05, 4.69) is 242 Å². The van der Waals surface area contributed by atoms with E-state index >= 15 is 0 Å². The number of hydrogen-bond donors (Lipinski definition) is 0. The highest BCUT2D eigenvalue weighted by Gasteiger charge is 2.07. The zero-order valence-corrected chi connectivity index (χ0v) is 65.4. The molecule has 17 aromatic rings. The number of aromatic nitrogens is 4. The van der Waals surface area contributed by atoms with E-state index in [4.69, 9.17) is 43.6 Å². The lowest BCUT2D eigenvalue weighted by atomic mass is 10.1. The molecule has 0 amide bonds. The summed E-state index contributed by atoms with van der Waals surface area (Å²) in [4.78, 5) is 20.1. The highest BCUT2D eigenvalue weighted by atomic mass is 16.5. The van der Waals surface area contributed by atoms with Crippen LogP contribution in [0.25, 0.3) is 108 Å². The van der Waals surface area contributed by atoms with E-state index in [9.17, 15) is 0 Å². The molecule has 0 saturated carbocycles. The maximum Gasteiger partial charge on any atom is 0.0886 e. The minimum atomic E-state index is 0.460. The number of unbranched alkanes of at least 4 members (excludes halogenated alkanes) is 15. The zero-order valence-electron chi connectivity index (χ0n) is 65.4. The van der Waals surface area contributed by atoms with Gasteiger partial charge in [0.05, 0.1) is 55.1 Å². The molecule has 9 nitrogen and oxygen atoms in total. The number of aryl methyl sites for hydroxylation is 1. The predicted octanol–water partition coefficient (Wildman–Crippen LogP) is 26.2. The van der Waals surface area contributed by atoms with Crippen LogP contribution < -0.4 is 0 Å². The van der Waals surface area contributed by atoms with E-state index in [1.54, 1.807) is 0 Å². The Balaban J connectivity index is 1.07. The minimum Gasteiger partial charge on any atom is -0.377 e. The minimum absolute atomic E-state index is 0.460. The molecule has 10 heterocycles. The Morgan fingerprint density at radius 3 is 0.670 bits per heavy atom. The Labute approximate surface area is 648 Å². The molecule has 0 saturated heterocycles. The lowest BCUT2D eigenvalue weighted by molar-refractivity contribution is 0.117. The van der Waals surface area contributed by atoms with E-state index in [-0.39, 0.29) is 0 Å². The fraction of sp³-hybridized carbons (Fsp3) is 0.360. The highest BCUT2D eigenvalue weighted by Crippen LogP contribution is 2.25. The first kappa shape index (κ1) is 80.0. The molecule has 20 bridgehead atoms. The van der Waals surface area contributed by atoms with Gasteiger partial charge in [0.2, 0.25) is 0 Å². The molecule has 0 fully saturated rings. The molecule has 0 atom stereocenters. The second-order valence-corrected chi connectivity index (χ2v) is 29.0. The van der Waals surface area contributed by atoms with Gasteiger partial charge in [-0.25, -0.2) is 0 Å². The van der Waals surface area contributed by atoms with Crippen molar-refractivity contribution < 1.29 is 23.7 Å². The first-order valence-electron chi connectivity index (χ1n) is 40.3. The van der Waals surface area contributed by atoms with Gasteiger partial charge in [-0.3, -0.25) is 19.9 Å². The van der Waals surface area contributed by atoms with Crippen molar-refractivity contribution in [2.24, 2.45) is 0 Å². The average molecular weight is 1450 g/mol. The molecular formula is C100H108N4O5. The molecule has 0 radical (unpaired) electrons. The van der Waals surface area contributed by atoms with Crippen LogP contribution in [0.3, 0.4) is 0 Å². The van der Waals surface area contributed by atoms with Crippen molar-refractivity contribution >= 4 is 108 Å². The summed E-state index contributed by atoms with van der Waals surface area (Å²) in [5.74, 6) is 0. The van der Waals surface area contributed by atoms with Crippen molar-refractivity contribution in [1.82, 2.24) is 19.9 Å². The molecule has 109 heavy (non-hydrogen) atoms. The van der Waals surface area contributed by atoms with Crippen molar-refractivity contribution in [1.29, 1.82) is 0 Å². The van der Waals surface area contributed by atoms with Crippen LogP contribution in [0, 0.1) is 55.5 Å². The van der Waals surface area contributed by atoms with Gasteiger partial charge in [0.15, 0.2) is 0 Å². The average Bonchev–Trinajstić information content (AvgIpc) is 0.824. The molecule has 7 aromatic carbocycles. The van der Waals surface area contributed by atoms with Crippen molar-refractivity contribution in [2.75, 3.05) is 33.0 Å². The Morgan fingerprint density at radius 1 is 0.220 bits per heavy atom. The SMILES string of the molecule is CCCCCCOCc1cc2c#cc3cc(C)cc(c3)c3ccc(nc3)c3ccc(cn3)c3cc(COCCCCCC)cc(c#cc4cc(COCCCCCC)cc(c#cc5cc(COCCCCCC)cc(c5)c5ccc(nc5)c5ccc(cn5)c5cc(COCCCCCC)cc(c#cc(c1)c2)c5)c4)c3. The topological polar surface area (TPSA) is 97.7 Å². The van der Waals surface area contributed by atoms with Crippen LogP contribution >= 0.6 is 0 Å². The number of nitrogens with zero attached hydrogens (tertiary/aromatic N) is 4. The van der Waals surface area contributed by atoms with Gasteiger partial charge >= 0.3 is 0 Å². The molecule has 0 aliphatic carbocycles. The zero-order chi connectivity index (χ0) is 75.5. The molecule has 10 aromatic heterocycles. The standard InChI is InChI=1S/C100H108N4O5/c1-7-12-17-22-43-105-70-84-52-77-28-27-76-48-75(6)49-93(59-76)89-35-39-97(101-66-89)98-40-36-90(67-102-98)94-61-82(57-87(63-94)73-108-46-25-20-15-10-4)33-30-79-51-80(55-85(54-79)71-106-44-23-18-13-8-2)31-34-83-58-88(74-109-47-26-21-16-11-5)65-96(62-83)92-38-42-100(104-69-92)99-41-37-91(68-103-99)95-60-81(32-29-78(50-77)53-84)56-86(64-95)72-107-45-24-19-14-9-3/h35-42,48-69H,7-26,43-47,70-74H2,1-6H3. The Kier molecular flexibility index (Phi) is 32.2. The number of hydrogen-bond acceptors (Lipinski definition) is 9. The summed E-state index contributed by atoms with van der Waals surface area (Å²) in [7, 11) is 0. The van der Waals surface area contributed by atoms with Gasteiger partial charge in [-0.2, -0.15) is 0 Å². The molecular weight excluding hydrogens is 1340 g/mol. The maximum absolute atomic E-state index is 6.35. The fourth-order valence-electron chi connectivity index (χ4n) is 13.5. The molecule has 0 N–H and O–H groups in total. The first-order valence-corrected chi connectivity index (χ1v) is 40.3. The van der Waals surface area contributed by atoms with Crippen molar-refractivity contribution in [2.45, 2.75) is 203 Å². The van der Waals surface area contributed by atoms with E-state index in [1.165, 1.54) is 64.2 Å². The van der Waals surface area contributed by atoms with Crippen LogP contribution in [-0.4, -0.2) is 53.0 Å². The number of ether oxygens (including phenoxy) is 5. The number of pyridine rings is 4. The van der Waals surface area contributed by atoms with Crippen LogP contribution in [0.1, 0.15) is 196 Å². The quantitative estimate of drug-likeness (QED) is 0.0360. The van der Waals surface area contributed by atoms with Gasteiger partial charge in [-0.1, -0.05) is 210 Å². The Morgan fingerprint density at radius 2 is 0.440 bits per heavy atom. The van der Waals surface area contributed by atoms with Crippen molar-refractivity contribution in [3.63, 3.8) is 0 Å². The normalized spacial score (nSPS) is 11.1. The van der Waals surface area contributed by atoms with Crippen LogP contribution in [0.5, 0.6) is 0 Å². The second kappa shape index (κ2) is 43.8. The van der Waals surface area contributed by atoms with E-state index in [0.717, 1.165) is 206 Å². The summed E-state index contributed by atoms with van der Waals surface area (Å²) in [6, 6.07) is 84.0. The summed E-state index contributed by atoms with van der Waals surface area (Å²) in [6.07, 6.45) is 30.6. The van der Waals surface area contributed by atoms with Gasteiger partial charge in [0, 0.05) is 122 Å². The molecule has 0 unspecified atom stereocenters. The summed E-state index contributed by atoms with van der Waals surface area (Å²) in [5.41, 5.74) is 9.42. The molecule has 0 spiro atoms. The van der Waals surface area contributed by atoms with Gasteiger partial charge < -0.3 is 23.7 Å². The van der Waals surface area contributed by atoms with E-state index in [1.807, 2.05) is 30.9 Å². The molecule has 0 aliphatic rings. The highest BCUT2D eigenvalue weighted by molar-refractivity contribution is 5.92. The number of rotatable bonds is 35. The summed E-state index contributed by atoms with van der Waals surface area (Å²) in [6.45, 7) is 19.2. The van der Waals surface area contributed by atoms with Gasteiger partial charge in [0.25, 0.3) is 0 Å². The third-order valence-corrected chi connectivity index (χ3v) is 19.4. The lowest BCUT2D eigenvalue weighted by Gasteiger charge is -2.06. The fourth-order valence-corrected chi connectivity index (χ4v) is 13.5. The van der Waals surface area contributed by atoms with Crippen LogP contribution in [0.2, 0.25) is 0 Å². The van der Waals surface area contributed by atoms with Gasteiger partial charge in [0.1, 0.15) is 0 Å². The monoisotopic (exact) mass is 1440 g/mol. The smallest absolute Gasteiger partial charge is 0.0886 e. The predicted molar refractivity (Wildman–Crippen MR) is 454 cm³/mol. The second-order valence-electron chi connectivity index (χ2n) is 29.0. The summed E-state index contributed by atoms with van der Waals surface area (Å²) >= 11 is 0. The van der Waals surface area contributed by atoms with E-state index < -0.39 is 0 Å². The van der Waals surface area contributed by atoms with Crippen molar-refractivity contribution in [3.05, 3.63) is 264 Å². The first-order chi connectivity index (χ1) is 53.6. The third kappa shape index (κ3) is 26.1. The maximum atomic E-state index is 6.35. The molecule has 558 valence electrons. The van der Waals surface area contributed by atoms with Crippen LogP contribution in [0.4, 0.5) is 0 Å². The van der Waals surface area contributed by atoms with Crippen LogP contribution in [0.15, 0.2) is 183 Å². The van der Waals surface area contributed by atoms with Crippen molar-refractivity contribution in [3.8, 4) is 0 Å².